The molecule has 3 aromatic carbocycles. The van der Waals surface area contributed by atoms with Crippen molar-refractivity contribution in [2.45, 2.75) is 81.6 Å². The number of ketones is 1. The monoisotopic (exact) mass is 728 g/mol. The fourth-order valence-corrected chi connectivity index (χ4v) is 9.69. The number of hydrogen-bond donors (Lipinski definition) is 3. The van der Waals surface area contributed by atoms with Crippen molar-refractivity contribution in [1.82, 2.24) is 4.31 Å². The summed E-state index contributed by atoms with van der Waals surface area (Å²) in [6.45, 7) is 0.101. The van der Waals surface area contributed by atoms with Gasteiger partial charge in [0, 0.05) is 46.4 Å². The van der Waals surface area contributed by atoms with E-state index >= 15 is 0 Å². The number of carboxylic acid groups (broad SMARTS) is 2. The van der Waals surface area contributed by atoms with Crippen LogP contribution < -0.4 is 5.32 Å². The number of rotatable bonds is 16. The average molecular weight is 729 g/mol. The lowest BCUT2D eigenvalue weighted by molar-refractivity contribution is -0.137. The van der Waals surface area contributed by atoms with Crippen LogP contribution in [0.4, 0.5) is 5.69 Å². The van der Waals surface area contributed by atoms with Gasteiger partial charge in [0.15, 0.2) is 5.78 Å². The number of aliphatic carboxylic acids is 1. The molecule has 0 saturated heterocycles. The smallest absolute Gasteiger partial charge is 0.335 e. The zero-order valence-corrected chi connectivity index (χ0v) is 29.7. The van der Waals surface area contributed by atoms with Crippen molar-refractivity contribution in [2.24, 2.45) is 0 Å². The number of carbonyl (C=O) groups excluding carboxylic acids is 2. The van der Waals surface area contributed by atoms with Crippen LogP contribution in [0.1, 0.15) is 96.0 Å². The van der Waals surface area contributed by atoms with Gasteiger partial charge in [0.2, 0.25) is 10.0 Å². The van der Waals surface area contributed by atoms with Crippen LogP contribution in [0.5, 0.6) is 0 Å². The summed E-state index contributed by atoms with van der Waals surface area (Å²) in [6, 6.07) is 20.3. The number of fused-ring (bicyclic) bond motifs is 1. The fourth-order valence-electron chi connectivity index (χ4n) is 6.52. The maximum absolute atomic E-state index is 13.8. The van der Waals surface area contributed by atoms with Gasteiger partial charge in [-0.05, 0) is 111 Å². The molecule has 1 heterocycles. The number of benzene rings is 3. The molecule has 1 saturated carbocycles. The van der Waals surface area contributed by atoms with Crippen LogP contribution in [0.3, 0.4) is 0 Å². The SMILES string of the molecule is O=C(O)CCCN(C1CC1)S(=O)(=O)c1cccc(C(=O)Cc2sc3c(c2C(=O)Nc2ccc(CCc4ccc(C(=O)O)cc4)cc2)CCCC3)c1. The summed E-state index contributed by atoms with van der Waals surface area (Å²) in [5.41, 5.74) is 4.73. The van der Waals surface area contributed by atoms with E-state index in [1.807, 2.05) is 36.4 Å². The highest BCUT2D eigenvalue weighted by molar-refractivity contribution is 7.89. The number of aryl methyl sites for hydroxylation is 3. The van der Waals surface area contributed by atoms with E-state index in [4.69, 9.17) is 10.2 Å². The molecule has 51 heavy (non-hydrogen) atoms. The highest BCUT2D eigenvalue weighted by Gasteiger charge is 2.38. The third kappa shape index (κ3) is 8.81. The van der Waals surface area contributed by atoms with E-state index in [1.165, 1.54) is 27.8 Å². The van der Waals surface area contributed by atoms with Crippen LogP contribution in [-0.4, -0.2) is 59.2 Å². The molecule has 0 spiro atoms. The van der Waals surface area contributed by atoms with E-state index in [0.717, 1.165) is 72.9 Å². The van der Waals surface area contributed by atoms with Gasteiger partial charge in [0.1, 0.15) is 0 Å². The number of sulfonamides is 1. The van der Waals surface area contributed by atoms with Crippen molar-refractivity contribution < 1.29 is 37.8 Å². The van der Waals surface area contributed by atoms with E-state index in [0.29, 0.717) is 16.1 Å². The Hall–Kier alpha value is -4.65. The van der Waals surface area contributed by atoms with Gasteiger partial charge in [-0.15, -0.1) is 11.3 Å². The van der Waals surface area contributed by atoms with Gasteiger partial charge in [-0.3, -0.25) is 14.4 Å². The van der Waals surface area contributed by atoms with Crippen molar-refractivity contribution in [1.29, 1.82) is 0 Å². The van der Waals surface area contributed by atoms with Crippen molar-refractivity contribution in [2.75, 3.05) is 11.9 Å². The van der Waals surface area contributed by atoms with Crippen LogP contribution in [-0.2, 0) is 46.9 Å². The number of thiophene rings is 1. The number of nitrogens with one attached hydrogen (secondary N) is 1. The molecule has 0 aliphatic heterocycles. The number of nitrogens with zero attached hydrogens (tertiary/aromatic N) is 1. The molecule has 2 aliphatic rings. The first kappa shape index (κ1) is 36.2. The van der Waals surface area contributed by atoms with E-state index in [1.54, 1.807) is 24.3 Å². The standard InChI is InChI=1S/C39H40N2O8S2/c42-33(28-5-3-6-31(23-28)51(48,49)41(30-20-21-30)22-4-9-36(43)44)24-35-37(32-7-1-2-8-34(32)50-35)38(45)40-29-18-14-26(15-19-29)11-10-25-12-16-27(17-13-25)39(46)47/h3,5-6,12-19,23,30H,1-2,4,7-11,20-22,24H2,(H,40,45)(H,43,44)(H,46,47). The third-order valence-corrected chi connectivity index (χ3v) is 12.6. The second-order valence-corrected chi connectivity index (χ2v) is 16.2. The predicted molar refractivity (Wildman–Crippen MR) is 194 cm³/mol. The highest BCUT2D eigenvalue weighted by Crippen LogP contribution is 2.36. The summed E-state index contributed by atoms with van der Waals surface area (Å²) in [6.07, 6.45) is 6.52. The zero-order chi connectivity index (χ0) is 36.1. The van der Waals surface area contributed by atoms with Crippen molar-refractivity contribution >= 4 is 50.7 Å². The van der Waals surface area contributed by atoms with Gasteiger partial charge in [-0.2, -0.15) is 4.31 Å². The molecule has 0 unspecified atom stereocenters. The van der Waals surface area contributed by atoms with Gasteiger partial charge in [-0.25, -0.2) is 13.2 Å². The average Bonchev–Trinajstić information content (AvgIpc) is 3.89. The Labute approximate surface area is 301 Å². The van der Waals surface area contributed by atoms with E-state index in [-0.39, 0.29) is 59.6 Å². The topological polar surface area (TPSA) is 158 Å². The number of carboxylic acids is 2. The minimum absolute atomic E-state index is 0.00134. The summed E-state index contributed by atoms with van der Waals surface area (Å²) in [5.74, 6) is -2.50. The summed E-state index contributed by atoms with van der Waals surface area (Å²) < 4.78 is 28.6. The molecule has 1 aromatic heterocycles. The first-order valence-corrected chi connectivity index (χ1v) is 19.5. The molecule has 3 N–H and O–H groups in total. The van der Waals surface area contributed by atoms with Crippen LogP contribution in [0.25, 0.3) is 0 Å². The van der Waals surface area contributed by atoms with Gasteiger partial charge in [0.25, 0.3) is 5.91 Å². The molecule has 0 bridgehead atoms. The fraction of sp³-hybridized carbons (Fsp3) is 0.333. The molecular weight excluding hydrogens is 689 g/mol. The van der Waals surface area contributed by atoms with E-state index in [9.17, 15) is 27.6 Å². The summed E-state index contributed by atoms with van der Waals surface area (Å²) in [7, 11) is -3.94. The van der Waals surface area contributed by atoms with Crippen LogP contribution in [0.15, 0.2) is 77.7 Å². The van der Waals surface area contributed by atoms with E-state index in [2.05, 4.69) is 5.32 Å². The zero-order valence-electron chi connectivity index (χ0n) is 28.1. The number of hydrogen-bond acceptors (Lipinski definition) is 7. The summed E-state index contributed by atoms with van der Waals surface area (Å²) in [4.78, 5) is 51.5. The Morgan fingerprint density at radius 2 is 1.51 bits per heavy atom. The van der Waals surface area contributed by atoms with Crippen LogP contribution in [0.2, 0.25) is 0 Å². The van der Waals surface area contributed by atoms with Gasteiger partial charge < -0.3 is 15.5 Å². The van der Waals surface area contributed by atoms with Gasteiger partial charge >= 0.3 is 11.9 Å². The summed E-state index contributed by atoms with van der Waals surface area (Å²) in [5, 5.41) is 21.2. The molecule has 12 heteroatoms. The second-order valence-electron chi connectivity index (χ2n) is 13.1. The normalized spacial score (nSPS) is 14.2. The van der Waals surface area contributed by atoms with Crippen molar-refractivity contribution in [3.05, 3.63) is 116 Å². The maximum atomic E-state index is 13.8. The Morgan fingerprint density at radius 1 is 0.843 bits per heavy atom. The first-order chi connectivity index (χ1) is 24.5. The minimum atomic E-state index is -3.94. The Morgan fingerprint density at radius 3 is 2.16 bits per heavy atom. The van der Waals surface area contributed by atoms with E-state index < -0.39 is 22.0 Å². The minimum Gasteiger partial charge on any atom is -0.481 e. The highest BCUT2D eigenvalue weighted by atomic mass is 32.2. The maximum Gasteiger partial charge on any atom is 0.335 e. The Bertz CT molecular complexity index is 2050. The molecule has 1 fully saturated rings. The lowest BCUT2D eigenvalue weighted by atomic mass is 9.93. The number of amides is 1. The summed E-state index contributed by atoms with van der Waals surface area (Å²) >= 11 is 1.48. The van der Waals surface area contributed by atoms with Crippen LogP contribution in [0, 0.1) is 0 Å². The molecule has 2 aliphatic carbocycles. The number of carbonyl (C=O) groups is 4. The lowest BCUT2D eigenvalue weighted by Gasteiger charge is -2.22. The molecule has 1 amide bonds. The first-order valence-electron chi connectivity index (χ1n) is 17.2. The Balaban J connectivity index is 1.15. The quantitative estimate of drug-likeness (QED) is 0.106. The largest absolute Gasteiger partial charge is 0.481 e. The molecule has 10 nitrogen and oxygen atoms in total. The molecule has 0 radical (unpaired) electrons. The van der Waals surface area contributed by atoms with Gasteiger partial charge in [0.05, 0.1) is 16.0 Å². The third-order valence-electron chi connectivity index (χ3n) is 9.39. The number of aromatic carboxylic acids is 1. The van der Waals surface area contributed by atoms with Gasteiger partial charge in [-0.1, -0.05) is 36.4 Å². The predicted octanol–water partition coefficient (Wildman–Crippen LogP) is 6.81. The molecule has 6 rings (SSSR count). The molecule has 266 valence electrons. The molecule has 4 aromatic rings. The second kappa shape index (κ2) is 15.7. The number of Topliss-reactive ketones (excluding diaryl/α,β-unsaturated/α-hetero) is 1. The molecular formula is C39H40N2O8S2. The Kier molecular flexibility index (Phi) is 11.1. The van der Waals surface area contributed by atoms with Crippen LogP contribution >= 0.6 is 11.3 Å². The van der Waals surface area contributed by atoms with Crippen molar-refractivity contribution in [3.63, 3.8) is 0 Å². The molecule has 0 atom stereocenters. The van der Waals surface area contributed by atoms with Crippen molar-refractivity contribution in [3.8, 4) is 0 Å². The number of anilines is 1. The lowest BCUT2D eigenvalue weighted by Crippen LogP contribution is -2.34.